The third-order valence-corrected chi connectivity index (χ3v) is 3.76. The van der Waals surface area contributed by atoms with Crippen LogP contribution in [0, 0.1) is 0 Å². The lowest BCUT2D eigenvalue weighted by molar-refractivity contribution is -0.141. The molecule has 0 saturated carbocycles. The molecule has 1 N–H and O–H groups in total. The van der Waals surface area contributed by atoms with E-state index in [-0.39, 0.29) is 11.6 Å². The summed E-state index contributed by atoms with van der Waals surface area (Å²) in [5.74, 6) is -1.17. The van der Waals surface area contributed by atoms with Gasteiger partial charge in [-0.3, -0.25) is 14.3 Å². The molecule has 0 saturated heterocycles. The molecule has 140 valence electrons. The van der Waals surface area contributed by atoms with Crippen molar-refractivity contribution in [3.63, 3.8) is 0 Å². The first-order valence-corrected chi connectivity index (χ1v) is 7.98. The van der Waals surface area contributed by atoms with Crippen LogP contribution in [0.3, 0.4) is 0 Å². The van der Waals surface area contributed by atoms with Crippen molar-refractivity contribution in [1.29, 1.82) is 0 Å². The van der Waals surface area contributed by atoms with Crippen LogP contribution in [0.15, 0.2) is 30.5 Å². The Kier molecular flexibility index (Phi) is 5.69. The number of carbonyl (C=O) groups is 2. The average Bonchev–Trinajstić information content (AvgIpc) is 2.98. The predicted molar refractivity (Wildman–Crippen MR) is 89.9 cm³/mol. The number of halogens is 3. The van der Waals surface area contributed by atoms with Gasteiger partial charge >= 0.3 is 6.18 Å². The van der Waals surface area contributed by atoms with Gasteiger partial charge in [0.1, 0.15) is 0 Å². The molecule has 1 aromatic heterocycles. The van der Waals surface area contributed by atoms with Gasteiger partial charge in [-0.1, -0.05) is 6.07 Å². The van der Waals surface area contributed by atoms with Gasteiger partial charge in [-0.05, 0) is 32.0 Å². The van der Waals surface area contributed by atoms with Crippen LogP contribution in [-0.2, 0) is 13.2 Å². The predicted octanol–water partition coefficient (Wildman–Crippen LogP) is 3.17. The monoisotopic (exact) mass is 368 g/mol. The number of aromatic nitrogens is 2. The molecule has 1 heterocycles. The Morgan fingerprint density at radius 3 is 2.46 bits per heavy atom. The lowest BCUT2D eigenvalue weighted by atomic mass is 10.1. The van der Waals surface area contributed by atoms with Gasteiger partial charge in [0.15, 0.2) is 5.69 Å². The molecule has 0 aliphatic carbocycles. The number of hydrogen-bond donors (Lipinski definition) is 1. The minimum atomic E-state index is -4.74. The molecule has 2 aromatic rings. The fourth-order valence-corrected chi connectivity index (χ4v) is 2.49. The van der Waals surface area contributed by atoms with E-state index in [0.29, 0.717) is 18.7 Å². The van der Waals surface area contributed by atoms with Crippen molar-refractivity contribution in [2.75, 3.05) is 18.4 Å². The topological polar surface area (TPSA) is 67.2 Å². The van der Waals surface area contributed by atoms with Crippen LogP contribution in [0.1, 0.15) is 40.3 Å². The standard InChI is InChI=1S/C17H19F3N4O2/c1-4-24(5-2)16(26)11-7-6-8-12(9-11)21-15(25)13-10-23(3)22-14(13)17(18,19)20/h6-10H,4-5H2,1-3H3,(H,21,25). The van der Waals surface area contributed by atoms with Crippen molar-refractivity contribution >= 4 is 17.5 Å². The number of amides is 2. The lowest BCUT2D eigenvalue weighted by Crippen LogP contribution is -2.30. The maximum Gasteiger partial charge on any atom is 0.435 e. The Bertz CT molecular complexity index is 811. The van der Waals surface area contributed by atoms with Crippen LogP contribution < -0.4 is 5.32 Å². The molecule has 9 heteroatoms. The van der Waals surface area contributed by atoms with Crippen molar-refractivity contribution < 1.29 is 22.8 Å². The Morgan fingerprint density at radius 2 is 1.88 bits per heavy atom. The molecule has 0 aliphatic heterocycles. The zero-order valence-electron chi connectivity index (χ0n) is 14.6. The molecule has 1 aromatic carbocycles. The summed E-state index contributed by atoms with van der Waals surface area (Å²) in [7, 11) is 1.30. The normalized spacial score (nSPS) is 11.3. The Morgan fingerprint density at radius 1 is 1.23 bits per heavy atom. The second-order valence-corrected chi connectivity index (χ2v) is 5.58. The average molecular weight is 368 g/mol. The molecule has 26 heavy (non-hydrogen) atoms. The lowest BCUT2D eigenvalue weighted by Gasteiger charge is -2.19. The zero-order valence-corrected chi connectivity index (χ0v) is 14.6. The summed E-state index contributed by atoms with van der Waals surface area (Å²) in [5.41, 5.74) is -1.27. The third-order valence-electron chi connectivity index (χ3n) is 3.76. The molecule has 0 fully saturated rings. The van der Waals surface area contributed by atoms with Gasteiger partial charge in [-0.2, -0.15) is 18.3 Å². The summed E-state index contributed by atoms with van der Waals surface area (Å²) in [6.07, 6.45) is -3.74. The summed E-state index contributed by atoms with van der Waals surface area (Å²) in [4.78, 5) is 26.2. The van der Waals surface area contributed by atoms with E-state index < -0.39 is 23.3 Å². The van der Waals surface area contributed by atoms with E-state index in [2.05, 4.69) is 10.4 Å². The van der Waals surface area contributed by atoms with Crippen LogP contribution >= 0.6 is 0 Å². The number of nitrogens with one attached hydrogen (secondary N) is 1. The van der Waals surface area contributed by atoms with Gasteiger partial charge in [0.2, 0.25) is 0 Å². The Hall–Kier alpha value is -2.84. The highest BCUT2D eigenvalue weighted by atomic mass is 19.4. The maximum absolute atomic E-state index is 13.0. The largest absolute Gasteiger partial charge is 0.435 e. The van der Waals surface area contributed by atoms with Crippen molar-refractivity contribution in [1.82, 2.24) is 14.7 Å². The number of anilines is 1. The van der Waals surface area contributed by atoms with Gasteiger partial charge < -0.3 is 10.2 Å². The minimum absolute atomic E-state index is 0.219. The van der Waals surface area contributed by atoms with Gasteiger partial charge in [-0.25, -0.2) is 0 Å². The maximum atomic E-state index is 13.0. The van der Waals surface area contributed by atoms with E-state index in [0.717, 1.165) is 10.9 Å². The first kappa shape index (κ1) is 19.5. The number of nitrogens with zero attached hydrogens (tertiary/aromatic N) is 3. The molecule has 0 atom stereocenters. The zero-order chi connectivity index (χ0) is 19.5. The highest BCUT2D eigenvalue weighted by Crippen LogP contribution is 2.31. The van der Waals surface area contributed by atoms with Gasteiger partial charge in [0, 0.05) is 37.6 Å². The molecule has 0 bridgehead atoms. The van der Waals surface area contributed by atoms with E-state index in [4.69, 9.17) is 0 Å². The quantitative estimate of drug-likeness (QED) is 0.882. The van der Waals surface area contributed by atoms with E-state index in [1.165, 1.54) is 19.2 Å². The number of alkyl halides is 3. The molecule has 0 radical (unpaired) electrons. The fourth-order valence-electron chi connectivity index (χ4n) is 2.49. The molecular formula is C17H19F3N4O2. The number of aryl methyl sites for hydroxylation is 1. The first-order valence-electron chi connectivity index (χ1n) is 7.98. The molecule has 0 aliphatic rings. The summed E-state index contributed by atoms with van der Waals surface area (Å²) < 4.78 is 39.9. The highest BCUT2D eigenvalue weighted by molar-refractivity contribution is 6.05. The summed E-state index contributed by atoms with van der Waals surface area (Å²) in [5, 5.41) is 5.70. The fraction of sp³-hybridized carbons (Fsp3) is 0.353. The Balaban J connectivity index is 2.26. The second-order valence-electron chi connectivity index (χ2n) is 5.58. The second kappa shape index (κ2) is 7.59. The van der Waals surface area contributed by atoms with E-state index in [1.807, 2.05) is 13.8 Å². The number of carbonyl (C=O) groups excluding carboxylic acids is 2. The van der Waals surface area contributed by atoms with Crippen LogP contribution in [0.25, 0.3) is 0 Å². The summed E-state index contributed by atoms with van der Waals surface area (Å²) >= 11 is 0. The van der Waals surface area contributed by atoms with Crippen molar-refractivity contribution in [3.05, 3.63) is 47.3 Å². The number of rotatable bonds is 5. The van der Waals surface area contributed by atoms with Crippen LogP contribution in [0.5, 0.6) is 0 Å². The van der Waals surface area contributed by atoms with Crippen molar-refractivity contribution in [2.24, 2.45) is 7.05 Å². The molecule has 2 rings (SSSR count). The number of hydrogen-bond acceptors (Lipinski definition) is 3. The first-order chi connectivity index (χ1) is 12.2. The van der Waals surface area contributed by atoms with Gasteiger partial charge in [-0.15, -0.1) is 0 Å². The van der Waals surface area contributed by atoms with Crippen molar-refractivity contribution in [3.8, 4) is 0 Å². The van der Waals surface area contributed by atoms with Crippen LogP contribution in [-0.4, -0.2) is 39.6 Å². The molecule has 2 amide bonds. The Labute approximate surface area is 148 Å². The summed E-state index contributed by atoms with van der Waals surface area (Å²) in [6, 6.07) is 6.07. The molecule has 0 spiro atoms. The van der Waals surface area contributed by atoms with Crippen LogP contribution in [0.4, 0.5) is 18.9 Å². The van der Waals surface area contributed by atoms with Gasteiger partial charge in [0.05, 0.1) is 5.56 Å². The summed E-state index contributed by atoms with van der Waals surface area (Å²) in [6.45, 7) is 4.73. The van der Waals surface area contributed by atoms with Crippen molar-refractivity contribution in [2.45, 2.75) is 20.0 Å². The van der Waals surface area contributed by atoms with Gasteiger partial charge in [0.25, 0.3) is 11.8 Å². The van der Waals surface area contributed by atoms with Crippen LogP contribution in [0.2, 0.25) is 0 Å². The molecule has 0 unspecified atom stereocenters. The van der Waals surface area contributed by atoms with E-state index in [9.17, 15) is 22.8 Å². The smallest absolute Gasteiger partial charge is 0.339 e. The van der Waals surface area contributed by atoms with E-state index in [1.54, 1.807) is 17.0 Å². The number of benzene rings is 1. The van der Waals surface area contributed by atoms with E-state index >= 15 is 0 Å². The SMILES string of the molecule is CCN(CC)C(=O)c1cccc(NC(=O)c2cn(C)nc2C(F)(F)F)c1. The minimum Gasteiger partial charge on any atom is -0.339 e. The highest BCUT2D eigenvalue weighted by Gasteiger charge is 2.39. The molecular weight excluding hydrogens is 349 g/mol. The molecule has 6 nitrogen and oxygen atoms in total. The third kappa shape index (κ3) is 4.22.